The standard InChI is InChI=1S/C10H18Cl6Si2/c1-9(2)4-3-5-10(8-18(14,15)16)6-7-17(11,12)13/h4,10H,3,5-8H2,1-2H3. The van der Waals surface area contributed by atoms with Crippen molar-refractivity contribution in [1.29, 1.82) is 0 Å². The Balaban J connectivity index is 4.30. The summed E-state index contributed by atoms with van der Waals surface area (Å²) >= 11 is 35.7. The maximum Gasteiger partial charge on any atom is 0.341 e. The van der Waals surface area contributed by atoms with E-state index in [2.05, 4.69) is 19.9 Å². The van der Waals surface area contributed by atoms with Gasteiger partial charge in [0.25, 0.3) is 0 Å². The molecule has 0 fully saturated rings. The molecule has 0 aliphatic carbocycles. The lowest BCUT2D eigenvalue weighted by Gasteiger charge is -2.20. The first-order valence-electron chi connectivity index (χ1n) is 5.76. The third-order valence-electron chi connectivity index (χ3n) is 2.48. The zero-order valence-electron chi connectivity index (χ0n) is 10.5. The summed E-state index contributed by atoms with van der Waals surface area (Å²) in [7, 11) is 0. The Morgan fingerprint density at radius 2 is 1.50 bits per heavy atom. The van der Waals surface area contributed by atoms with Gasteiger partial charge in [-0.25, -0.2) is 0 Å². The van der Waals surface area contributed by atoms with E-state index in [1.807, 2.05) is 0 Å². The minimum atomic E-state index is -2.61. The first-order chi connectivity index (χ1) is 7.99. The average molecular weight is 407 g/mol. The Hall–Kier alpha value is 1.91. The van der Waals surface area contributed by atoms with Crippen molar-refractivity contribution in [2.75, 3.05) is 0 Å². The first-order valence-corrected chi connectivity index (χ1v) is 16.2. The van der Waals surface area contributed by atoms with E-state index in [0.717, 1.165) is 19.3 Å². The smallest absolute Gasteiger partial charge is 0.126 e. The van der Waals surface area contributed by atoms with Crippen LogP contribution in [0.5, 0.6) is 0 Å². The molecule has 0 aromatic carbocycles. The van der Waals surface area contributed by atoms with E-state index in [1.165, 1.54) is 5.57 Å². The van der Waals surface area contributed by atoms with Gasteiger partial charge in [-0.1, -0.05) is 11.6 Å². The molecule has 0 saturated heterocycles. The summed E-state index contributed by atoms with van der Waals surface area (Å²) in [6.45, 7) is 4.15. The van der Waals surface area contributed by atoms with E-state index in [-0.39, 0.29) is 0 Å². The Labute approximate surface area is 140 Å². The van der Waals surface area contributed by atoms with Crippen LogP contribution in [0.25, 0.3) is 0 Å². The molecule has 0 amide bonds. The molecule has 0 heterocycles. The van der Waals surface area contributed by atoms with Crippen molar-refractivity contribution in [1.82, 2.24) is 0 Å². The van der Waals surface area contributed by atoms with Gasteiger partial charge in [-0.2, -0.15) is 0 Å². The van der Waals surface area contributed by atoms with Crippen LogP contribution in [0, 0.1) is 5.92 Å². The number of hydrogen-bond acceptors (Lipinski definition) is 0. The molecule has 8 heteroatoms. The molecule has 1 unspecified atom stereocenters. The van der Waals surface area contributed by atoms with Crippen LogP contribution in [-0.2, 0) is 0 Å². The molecule has 0 saturated carbocycles. The Morgan fingerprint density at radius 3 is 1.89 bits per heavy atom. The van der Waals surface area contributed by atoms with Gasteiger partial charge in [0, 0.05) is 0 Å². The lowest BCUT2D eigenvalue weighted by molar-refractivity contribution is 0.518. The van der Waals surface area contributed by atoms with Crippen LogP contribution >= 0.6 is 66.5 Å². The number of rotatable bonds is 8. The normalized spacial score (nSPS) is 14.4. The van der Waals surface area contributed by atoms with Crippen LogP contribution < -0.4 is 0 Å². The van der Waals surface area contributed by atoms with E-state index in [1.54, 1.807) is 0 Å². The molecular weight excluding hydrogens is 389 g/mol. The SMILES string of the molecule is CC(C)=CCCC(CC[Si](Cl)(Cl)Cl)C[Si](Cl)(Cl)Cl. The van der Waals surface area contributed by atoms with Gasteiger partial charge in [-0.15, -0.1) is 66.5 Å². The molecule has 0 aliphatic heterocycles. The predicted molar refractivity (Wildman–Crippen MR) is 93.0 cm³/mol. The largest absolute Gasteiger partial charge is 0.341 e. The van der Waals surface area contributed by atoms with Crippen molar-refractivity contribution < 1.29 is 0 Å². The Bertz CT molecular complexity index is 265. The first kappa shape index (κ1) is 19.9. The van der Waals surface area contributed by atoms with Crippen molar-refractivity contribution >= 4 is 78.5 Å². The van der Waals surface area contributed by atoms with Crippen molar-refractivity contribution in [3.8, 4) is 0 Å². The maximum atomic E-state index is 5.99. The summed E-state index contributed by atoms with van der Waals surface area (Å²) in [5.74, 6) is 0.336. The summed E-state index contributed by atoms with van der Waals surface area (Å²) in [6.07, 6.45) is 5.00. The van der Waals surface area contributed by atoms with Crippen LogP contribution in [0.2, 0.25) is 12.1 Å². The third kappa shape index (κ3) is 14.3. The highest BCUT2D eigenvalue weighted by Crippen LogP contribution is 2.36. The van der Waals surface area contributed by atoms with E-state index >= 15 is 0 Å². The van der Waals surface area contributed by atoms with Gasteiger partial charge in [-0.3, -0.25) is 0 Å². The molecule has 0 bridgehead atoms. The monoisotopic (exact) mass is 404 g/mol. The fourth-order valence-electron chi connectivity index (χ4n) is 1.65. The minimum Gasteiger partial charge on any atom is -0.126 e. The Morgan fingerprint density at radius 1 is 0.944 bits per heavy atom. The molecule has 0 radical (unpaired) electrons. The fourth-order valence-corrected chi connectivity index (χ4v) is 6.40. The van der Waals surface area contributed by atoms with E-state index < -0.39 is 12.0 Å². The lowest BCUT2D eigenvalue weighted by atomic mass is 10.0. The van der Waals surface area contributed by atoms with Crippen LogP contribution in [-0.4, -0.2) is 12.0 Å². The fraction of sp³-hybridized carbons (Fsp3) is 0.800. The summed E-state index contributed by atoms with van der Waals surface area (Å²) in [5, 5.41) is 0. The summed E-state index contributed by atoms with van der Waals surface area (Å²) in [4.78, 5) is 0. The zero-order chi connectivity index (χ0) is 14.4. The zero-order valence-corrected chi connectivity index (χ0v) is 17.0. The number of allylic oxidation sites excluding steroid dienone is 2. The van der Waals surface area contributed by atoms with Gasteiger partial charge in [0.15, 0.2) is 0 Å². The van der Waals surface area contributed by atoms with Gasteiger partial charge < -0.3 is 0 Å². The maximum absolute atomic E-state index is 5.99. The highest BCUT2D eigenvalue weighted by molar-refractivity contribution is 7.65. The average Bonchev–Trinajstić information content (AvgIpc) is 2.09. The molecule has 0 nitrogen and oxygen atoms in total. The van der Waals surface area contributed by atoms with Crippen LogP contribution in [0.15, 0.2) is 11.6 Å². The molecule has 108 valence electrons. The topological polar surface area (TPSA) is 0 Å². The second-order valence-corrected chi connectivity index (χ2v) is 23.2. The molecule has 0 aromatic rings. The summed E-state index contributed by atoms with van der Waals surface area (Å²) < 4.78 is 0. The number of halogens is 6. The van der Waals surface area contributed by atoms with Gasteiger partial charge >= 0.3 is 12.0 Å². The van der Waals surface area contributed by atoms with Gasteiger partial charge in [0.05, 0.1) is 0 Å². The van der Waals surface area contributed by atoms with Crippen LogP contribution in [0.1, 0.15) is 33.1 Å². The second-order valence-electron chi connectivity index (χ2n) is 4.70. The van der Waals surface area contributed by atoms with E-state index in [9.17, 15) is 0 Å². The molecule has 1 atom stereocenters. The van der Waals surface area contributed by atoms with Crippen LogP contribution in [0.3, 0.4) is 0 Å². The van der Waals surface area contributed by atoms with E-state index in [4.69, 9.17) is 66.5 Å². The highest BCUT2D eigenvalue weighted by Gasteiger charge is 2.32. The highest BCUT2D eigenvalue weighted by atomic mass is 35.8. The predicted octanol–water partition coefficient (Wildman–Crippen LogP) is 7.05. The number of hydrogen-bond donors (Lipinski definition) is 0. The van der Waals surface area contributed by atoms with E-state index in [0.29, 0.717) is 18.0 Å². The van der Waals surface area contributed by atoms with Gasteiger partial charge in [-0.05, 0) is 51.1 Å². The van der Waals surface area contributed by atoms with Gasteiger partial charge in [0.1, 0.15) is 0 Å². The molecule has 0 rings (SSSR count). The summed E-state index contributed by atoms with van der Waals surface area (Å²) in [6, 6.07) is -3.91. The lowest BCUT2D eigenvalue weighted by Crippen LogP contribution is -2.19. The quantitative estimate of drug-likeness (QED) is 0.230. The molecule has 0 aliphatic rings. The van der Waals surface area contributed by atoms with Crippen LogP contribution in [0.4, 0.5) is 0 Å². The van der Waals surface area contributed by atoms with Crippen molar-refractivity contribution in [3.05, 3.63) is 11.6 Å². The molecular formula is C10H18Cl6Si2. The molecule has 0 spiro atoms. The second kappa shape index (κ2) is 9.04. The molecule has 0 aromatic heterocycles. The van der Waals surface area contributed by atoms with Crippen molar-refractivity contribution in [2.24, 2.45) is 5.92 Å². The third-order valence-corrected chi connectivity index (χ3v) is 7.47. The van der Waals surface area contributed by atoms with Crippen molar-refractivity contribution in [3.63, 3.8) is 0 Å². The summed E-state index contributed by atoms with van der Waals surface area (Å²) in [5.41, 5.74) is 1.30. The molecule has 0 N–H and O–H groups in total. The molecule has 18 heavy (non-hydrogen) atoms. The minimum absolute atomic E-state index is 0.336. The van der Waals surface area contributed by atoms with Crippen molar-refractivity contribution in [2.45, 2.75) is 45.2 Å². The Kier molecular flexibility index (Phi) is 10.00. The van der Waals surface area contributed by atoms with Gasteiger partial charge in [0.2, 0.25) is 0 Å².